The van der Waals surface area contributed by atoms with Crippen LogP contribution in [0.3, 0.4) is 0 Å². The smallest absolute Gasteiger partial charge is 0.123 e. The van der Waals surface area contributed by atoms with Crippen molar-refractivity contribution in [2.24, 2.45) is 0 Å². The molecule has 2 aromatic carbocycles. The van der Waals surface area contributed by atoms with E-state index < -0.39 is 0 Å². The van der Waals surface area contributed by atoms with Gasteiger partial charge in [0.25, 0.3) is 0 Å². The number of rotatable bonds is 3. The second-order valence-electron chi connectivity index (χ2n) is 3.84. The van der Waals surface area contributed by atoms with Crippen LogP contribution < -0.4 is 5.01 Å². The summed E-state index contributed by atoms with van der Waals surface area (Å²) >= 11 is 11.7. The molecule has 0 aliphatic rings. The SMILES string of the molecule is Cc1cccc(N(c2ccc(F)cc2)N(Cl)Cl)c1. The Morgan fingerprint density at radius 2 is 1.61 bits per heavy atom. The van der Waals surface area contributed by atoms with Crippen molar-refractivity contribution in [3.63, 3.8) is 0 Å². The Bertz CT molecular complexity index is 529. The lowest BCUT2D eigenvalue weighted by molar-refractivity contribution is 0.626. The minimum atomic E-state index is -0.307. The highest BCUT2D eigenvalue weighted by molar-refractivity contribution is 6.34. The molecule has 0 N–H and O–H groups in total. The van der Waals surface area contributed by atoms with Crippen molar-refractivity contribution in [2.45, 2.75) is 6.92 Å². The number of halogens is 3. The Kier molecular flexibility index (Phi) is 4.07. The third kappa shape index (κ3) is 2.93. The first-order chi connectivity index (χ1) is 8.58. The van der Waals surface area contributed by atoms with Gasteiger partial charge in [-0.05, 0) is 52.9 Å². The van der Waals surface area contributed by atoms with Crippen molar-refractivity contribution in [1.29, 1.82) is 0 Å². The molecule has 94 valence electrons. The Balaban J connectivity index is 2.43. The van der Waals surface area contributed by atoms with Crippen molar-refractivity contribution < 1.29 is 4.39 Å². The van der Waals surface area contributed by atoms with Crippen LogP contribution in [-0.2, 0) is 0 Å². The second kappa shape index (κ2) is 5.57. The van der Waals surface area contributed by atoms with E-state index in [1.54, 1.807) is 17.1 Å². The van der Waals surface area contributed by atoms with Crippen molar-refractivity contribution >= 4 is 34.9 Å². The van der Waals surface area contributed by atoms with Gasteiger partial charge >= 0.3 is 0 Å². The van der Waals surface area contributed by atoms with Gasteiger partial charge < -0.3 is 0 Å². The average Bonchev–Trinajstić information content (AvgIpc) is 2.32. The van der Waals surface area contributed by atoms with E-state index in [9.17, 15) is 4.39 Å². The van der Waals surface area contributed by atoms with E-state index in [1.807, 2.05) is 31.2 Å². The first-order valence-corrected chi connectivity index (χ1v) is 5.99. The predicted molar refractivity (Wildman–Crippen MR) is 73.3 cm³/mol. The Morgan fingerprint density at radius 1 is 0.944 bits per heavy atom. The Labute approximate surface area is 115 Å². The number of hydrazine groups is 1. The van der Waals surface area contributed by atoms with Crippen LogP contribution in [-0.4, -0.2) is 4.05 Å². The van der Waals surface area contributed by atoms with E-state index in [4.69, 9.17) is 23.6 Å². The maximum absolute atomic E-state index is 12.9. The summed E-state index contributed by atoms with van der Waals surface area (Å²) < 4.78 is 13.8. The van der Waals surface area contributed by atoms with Gasteiger partial charge in [0.05, 0.1) is 11.4 Å². The molecular formula is C13H11Cl2FN2. The lowest BCUT2D eigenvalue weighted by Gasteiger charge is -2.26. The number of anilines is 2. The lowest BCUT2D eigenvalue weighted by atomic mass is 10.2. The summed E-state index contributed by atoms with van der Waals surface area (Å²) in [7, 11) is 0. The molecule has 0 fully saturated rings. The van der Waals surface area contributed by atoms with Gasteiger partial charge in [0.2, 0.25) is 0 Å². The third-order valence-corrected chi connectivity index (χ3v) is 2.77. The van der Waals surface area contributed by atoms with Gasteiger partial charge in [-0.25, -0.2) is 9.40 Å². The second-order valence-corrected chi connectivity index (χ2v) is 4.66. The summed E-state index contributed by atoms with van der Waals surface area (Å²) in [6.45, 7) is 1.97. The number of nitrogens with zero attached hydrogens (tertiary/aromatic N) is 2. The maximum atomic E-state index is 12.9. The highest BCUT2D eigenvalue weighted by atomic mass is 35.5. The van der Waals surface area contributed by atoms with Gasteiger partial charge in [-0.2, -0.15) is 0 Å². The van der Waals surface area contributed by atoms with Crippen LogP contribution in [0.1, 0.15) is 5.56 Å². The van der Waals surface area contributed by atoms with Crippen LogP contribution in [0, 0.1) is 12.7 Å². The summed E-state index contributed by atoms with van der Waals surface area (Å²) in [6, 6.07) is 13.6. The monoisotopic (exact) mass is 284 g/mol. The van der Waals surface area contributed by atoms with Crippen molar-refractivity contribution in [2.75, 3.05) is 5.01 Å². The van der Waals surface area contributed by atoms with Crippen LogP contribution in [0.15, 0.2) is 48.5 Å². The minimum Gasteiger partial charge on any atom is -0.246 e. The molecule has 0 unspecified atom stereocenters. The van der Waals surface area contributed by atoms with E-state index in [-0.39, 0.29) is 5.82 Å². The maximum Gasteiger partial charge on any atom is 0.123 e. The molecule has 2 nitrogen and oxygen atoms in total. The molecular weight excluding hydrogens is 274 g/mol. The van der Waals surface area contributed by atoms with E-state index in [0.717, 1.165) is 15.3 Å². The third-order valence-electron chi connectivity index (χ3n) is 2.47. The van der Waals surface area contributed by atoms with E-state index in [1.165, 1.54) is 12.1 Å². The quantitative estimate of drug-likeness (QED) is 0.590. The molecule has 0 spiro atoms. The van der Waals surface area contributed by atoms with Crippen LogP contribution in [0.2, 0.25) is 0 Å². The van der Waals surface area contributed by atoms with Gasteiger partial charge in [-0.1, -0.05) is 12.1 Å². The number of hydrogen-bond donors (Lipinski definition) is 0. The molecule has 0 aromatic heterocycles. The van der Waals surface area contributed by atoms with Crippen LogP contribution in [0.5, 0.6) is 0 Å². The molecule has 0 aliphatic heterocycles. The molecule has 2 rings (SSSR count). The first-order valence-electron chi connectivity index (χ1n) is 5.32. The van der Waals surface area contributed by atoms with Gasteiger partial charge in [-0.3, -0.25) is 0 Å². The summed E-state index contributed by atoms with van der Waals surface area (Å²) in [4.78, 5) is 0. The molecule has 0 amide bonds. The fourth-order valence-corrected chi connectivity index (χ4v) is 2.01. The Morgan fingerprint density at radius 3 is 2.17 bits per heavy atom. The van der Waals surface area contributed by atoms with Crippen LogP contribution in [0.25, 0.3) is 0 Å². The van der Waals surface area contributed by atoms with E-state index >= 15 is 0 Å². The fraction of sp³-hybridized carbons (Fsp3) is 0.0769. The topological polar surface area (TPSA) is 6.48 Å². The summed E-state index contributed by atoms with van der Waals surface area (Å²) in [5.74, 6) is -0.307. The van der Waals surface area contributed by atoms with Crippen LogP contribution in [0.4, 0.5) is 15.8 Å². The highest BCUT2D eigenvalue weighted by Gasteiger charge is 2.15. The van der Waals surface area contributed by atoms with Gasteiger partial charge in [0, 0.05) is 23.6 Å². The molecule has 0 saturated heterocycles. The average molecular weight is 285 g/mol. The zero-order chi connectivity index (χ0) is 13.1. The molecule has 5 heteroatoms. The predicted octanol–water partition coefficient (Wildman–Crippen LogP) is 4.80. The summed E-state index contributed by atoms with van der Waals surface area (Å²) in [5.41, 5.74) is 2.55. The summed E-state index contributed by atoms with van der Waals surface area (Å²) in [6.07, 6.45) is 0. The number of aryl methyl sites for hydroxylation is 1. The highest BCUT2D eigenvalue weighted by Crippen LogP contribution is 2.30. The zero-order valence-electron chi connectivity index (χ0n) is 9.65. The van der Waals surface area contributed by atoms with Crippen molar-refractivity contribution in [3.05, 3.63) is 59.9 Å². The normalized spacial score (nSPS) is 10.7. The van der Waals surface area contributed by atoms with Gasteiger partial charge in [-0.15, -0.1) is 0 Å². The largest absolute Gasteiger partial charge is 0.246 e. The fourth-order valence-electron chi connectivity index (χ4n) is 1.67. The molecule has 18 heavy (non-hydrogen) atoms. The standard InChI is InChI=1S/C13H11Cl2FN2/c1-10-3-2-4-13(9-10)17(18(14)15)12-7-5-11(16)6-8-12/h2-9H,1H3. The molecule has 0 aliphatic carbocycles. The minimum absolute atomic E-state index is 0.307. The molecule has 0 atom stereocenters. The van der Waals surface area contributed by atoms with E-state index in [2.05, 4.69) is 0 Å². The molecule has 0 radical (unpaired) electrons. The van der Waals surface area contributed by atoms with Gasteiger partial charge in [0.1, 0.15) is 5.82 Å². The zero-order valence-corrected chi connectivity index (χ0v) is 11.2. The number of benzene rings is 2. The lowest BCUT2D eigenvalue weighted by Crippen LogP contribution is -2.24. The molecule has 2 aromatic rings. The molecule has 0 heterocycles. The van der Waals surface area contributed by atoms with E-state index in [0.29, 0.717) is 5.69 Å². The van der Waals surface area contributed by atoms with Crippen LogP contribution >= 0.6 is 23.6 Å². The first kappa shape index (κ1) is 13.1. The van der Waals surface area contributed by atoms with Crippen molar-refractivity contribution in [3.8, 4) is 0 Å². The van der Waals surface area contributed by atoms with Gasteiger partial charge in [0.15, 0.2) is 0 Å². The number of hydrogen-bond acceptors (Lipinski definition) is 2. The summed E-state index contributed by atoms with van der Waals surface area (Å²) in [5, 5.41) is 1.57. The Hall–Kier alpha value is -1.29. The van der Waals surface area contributed by atoms with Crippen molar-refractivity contribution in [1.82, 2.24) is 4.05 Å². The molecule has 0 bridgehead atoms. The molecule has 0 saturated carbocycles.